The van der Waals surface area contributed by atoms with Crippen molar-refractivity contribution in [3.63, 3.8) is 0 Å². The van der Waals surface area contributed by atoms with Gasteiger partial charge in [-0.15, -0.1) is 0 Å². The molecule has 8 N–H and O–H groups in total. The van der Waals surface area contributed by atoms with Crippen LogP contribution in [-0.2, 0) is 29.0 Å². The number of aliphatic hydroxyl groups excluding tert-OH is 7. The van der Waals surface area contributed by atoms with E-state index in [1.165, 1.54) is 6.07 Å². The van der Waals surface area contributed by atoms with Crippen molar-refractivity contribution in [2.24, 2.45) is 0 Å². The molecule has 236 valence electrons. The zero-order chi connectivity index (χ0) is 30.8. The minimum Gasteiger partial charge on any atom is -0.394 e. The summed E-state index contributed by atoms with van der Waals surface area (Å²) in [6.45, 7) is -1.73. The molecule has 2 aromatic rings. The normalized spacial score (nSPS) is 31.5. The predicted molar refractivity (Wildman–Crippen MR) is 146 cm³/mol. The third-order valence-electron chi connectivity index (χ3n) is 7.20. The lowest BCUT2D eigenvalue weighted by Gasteiger charge is -2.23. The number of fused-ring (bicyclic) bond motifs is 1. The molecule has 10 atom stereocenters. The van der Waals surface area contributed by atoms with Gasteiger partial charge in [-0.2, -0.15) is 0 Å². The van der Waals surface area contributed by atoms with E-state index in [1.807, 2.05) is 31.1 Å². The summed E-state index contributed by atoms with van der Waals surface area (Å²) in [5.74, 6) is 0. The lowest BCUT2D eigenvalue weighted by Crippen LogP contribution is -2.43. The van der Waals surface area contributed by atoms with Crippen molar-refractivity contribution in [1.29, 1.82) is 0 Å². The minimum absolute atomic E-state index is 0.0838. The van der Waals surface area contributed by atoms with Crippen LogP contribution in [0.4, 0.5) is 5.69 Å². The van der Waals surface area contributed by atoms with Crippen molar-refractivity contribution in [3.8, 4) is 0 Å². The SMILES string of the molecule is CN(C)c1cccc2c(S(=O)(=O)NCCO[C@@H]3O[C@@H]([C@@H](O)CO[C@@H]4O[C@@H]([C@@H](O)CO)[C@H](O)[C@H]4O)[C@H](O)[C@H]3O)cccc12. The van der Waals surface area contributed by atoms with Gasteiger partial charge in [0.05, 0.1) is 24.7 Å². The van der Waals surface area contributed by atoms with Crippen LogP contribution in [-0.4, -0.2) is 146 Å². The molecule has 4 rings (SSSR count). The molecule has 0 unspecified atom stereocenters. The monoisotopic (exact) mass is 618 g/mol. The maximum atomic E-state index is 13.1. The molecule has 16 heteroatoms. The van der Waals surface area contributed by atoms with Crippen molar-refractivity contribution in [1.82, 2.24) is 4.72 Å². The van der Waals surface area contributed by atoms with Crippen molar-refractivity contribution < 1.29 is 63.1 Å². The first-order valence-electron chi connectivity index (χ1n) is 13.3. The van der Waals surface area contributed by atoms with E-state index >= 15 is 0 Å². The maximum Gasteiger partial charge on any atom is 0.241 e. The van der Waals surface area contributed by atoms with Crippen LogP contribution < -0.4 is 9.62 Å². The summed E-state index contributed by atoms with van der Waals surface area (Å²) in [7, 11) is -0.225. The van der Waals surface area contributed by atoms with Gasteiger partial charge >= 0.3 is 0 Å². The second-order valence-electron chi connectivity index (χ2n) is 10.3. The Balaban J connectivity index is 1.28. The van der Waals surface area contributed by atoms with E-state index in [-0.39, 0.29) is 18.0 Å². The summed E-state index contributed by atoms with van der Waals surface area (Å²) < 4.78 is 49.9. The van der Waals surface area contributed by atoms with Gasteiger partial charge in [0.15, 0.2) is 12.6 Å². The Morgan fingerprint density at radius 1 is 0.857 bits per heavy atom. The van der Waals surface area contributed by atoms with Crippen LogP contribution in [0.15, 0.2) is 41.3 Å². The fourth-order valence-corrected chi connectivity index (χ4v) is 6.20. The van der Waals surface area contributed by atoms with Gasteiger partial charge in [-0.1, -0.05) is 24.3 Å². The zero-order valence-corrected chi connectivity index (χ0v) is 23.8. The molecule has 15 nitrogen and oxygen atoms in total. The van der Waals surface area contributed by atoms with Crippen molar-refractivity contribution in [2.75, 3.05) is 45.4 Å². The van der Waals surface area contributed by atoms with Crippen LogP contribution in [0.1, 0.15) is 0 Å². The quantitative estimate of drug-likeness (QED) is 0.104. The van der Waals surface area contributed by atoms with E-state index in [2.05, 4.69) is 4.72 Å². The number of nitrogens with zero attached hydrogens (tertiary/aromatic N) is 1. The molecular weight excluding hydrogens is 580 g/mol. The standard InChI is InChI=1S/C26H38N2O13S/c1-28(2)15-7-3-6-14-13(15)5-4-8-18(14)42(36,37)27-9-10-38-25-21(34)20(33)24(41-25)17(31)12-39-26-22(35)19(32)23(40-26)16(30)11-29/h3-8,16-17,19-27,29-35H,9-12H2,1-2H3/t16-,17-,19+,20+,21+,22+,23-,24-,25+,26+/m0/s1. The van der Waals surface area contributed by atoms with Crippen molar-refractivity contribution in [2.45, 2.75) is 66.3 Å². The lowest BCUT2D eigenvalue weighted by molar-refractivity contribution is -0.211. The molecule has 0 bridgehead atoms. The Bertz CT molecular complexity index is 1300. The van der Waals surface area contributed by atoms with Gasteiger partial charge in [0.2, 0.25) is 10.0 Å². The molecule has 2 aromatic carbocycles. The zero-order valence-electron chi connectivity index (χ0n) is 23.0. The fourth-order valence-electron chi connectivity index (χ4n) is 4.96. The van der Waals surface area contributed by atoms with Crippen LogP contribution in [0.2, 0.25) is 0 Å². The van der Waals surface area contributed by atoms with E-state index in [0.29, 0.717) is 5.39 Å². The molecule has 2 heterocycles. The highest BCUT2D eigenvalue weighted by Gasteiger charge is 2.49. The number of nitrogens with one attached hydrogen (secondary N) is 1. The first-order chi connectivity index (χ1) is 19.9. The van der Waals surface area contributed by atoms with Crippen LogP contribution in [0.3, 0.4) is 0 Å². The number of ether oxygens (including phenoxy) is 4. The largest absolute Gasteiger partial charge is 0.394 e. The first kappa shape index (κ1) is 32.9. The highest BCUT2D eigenvalue weighted by Crippen LogP contribution is 2.31. The highest BCUT2D eigenvalue weighted by molar-refractivity contribution is 7.89. The Labute approximate surface area is 242 Å². The molecule has 42 heavy (non-hydrogen) atoms. The molecule has 0 spiro atoms. The van der Waals surface area contributed by atoms with E-state index < -0.39 is 84.6 Å². The molecule has 2 aliphatic rings. The molecule has 0 radical (unpaired) electrons. The van der Waals surface area contributed by atoms with Gasteiger partial charge in [-0.3, -0.25) is 0 Å². The second kappa shape index (κ2) is 13.7. The predicted octanol–water partition coefficient (Wildman–Crippen LogP) is -3.18. The van der Waals surface area contributed by atoms with Crippen molar-refractivity contribution >= 4 is 26.5 Å². The van der Waals surface area contributed by atoms with Crippen LogP contribution in [0.5, 0.6) is 0 Å². The van der Waals surface area contributed by atoms with Gasteiger partial charge in [0.25, 0.3) is 0 Å². The molecule has 2 saturated heterocycles. The summed E-state index contributed by atoms with van der Waals surface area (Å²) in [6.07, 6.45) is -14.9. The molecule has 0 amide bonds. The average molecular weight is 619 g/mol. The molecular formula is C26H38N2O13S. The third kappa shape index (κ3) is 6.86. The number of benzene rings is 2. The van der Waals surface area contributed by atoms with E-state index in [4.69, 9.17) is 24.1 Å². The van der Waals surface area contributed by atoms with E-state index in [0.717, 1.165) is 11.1 Å². The Morgan fingerprint density at radius 3 is 2.05 bits per heavy atom. The smallest absolute Gasteiger partial charge is 0.241 e. The summed E-state index contributed by atoms with van der Waals surface area (Å²) in [5, 5.41) is 71.2. The maximum absolute atomic E-state index is 13.1. The first-order valence-corrected chi connectivity index (χ1v) is 14.8. The Morgan fingerprint density at radius 2 is 1.43 bits per heavy atom. The van der Waals surface area contributed by atoms with Gasteiger partial charge in [-0.25, -0.2) is 13.1 Å². The number of rotatable bonds is 13. The lowest BCUT2D eigenvalue weighted by atomic mass is 10.1. The summed E-state index contributed by atoms with van der Waals surface area (Å²) in [5.41, 5.74) is 0.857. The number of sulfonamides is 1. The van der Waals surface area contributed by atoms with Gasteiger partial charge in [0.1, 0.15) is 48.8 Å². The van der Waals surface area contributed by atoms with E-state index in [9.17, 15) is 39.1 Å². The van der Waals surface area contributed by atoms with E-state index in [1.54, 1.807) is 18.2 Å². The fraction of sp³-hybridized carbons (Fsp3) is 0.615. The average Bonchev–Trinajstić information content (AvgIpc) is 3.42. The topological polar surface area (TPSA) is 228 Å². The van der Waals surface area contributed by atoms with Crippen molar-refractivity contribution in [3.05, 3.63) is 36.4 Å². The van der Waals surface area contributed by atoms with Crippen LogP contribution in [0, 0.1) is 0 Å². The number of hydrogen-bond acceptors (Lipinski definition) is 14. The Kier molecular flexibility index (Phi) is 10.7. The summed E-state index contributed by atoms with van der Waals surface area (Å²) in [4.78, 5) is 1.97. The Hall–Kier alpha value is -2.03. The number of aliphatic hydroxyl groups is 7. The molecule has 2 fully saturated rings. The van der Waals surface area contributed by atoms with Gasteiger partial charge < -0.3 is 59.6 Å². The van der Waals surface area contributed by atoms with Crippen LogP contribution in [0.25, 0.3) is 10.8 Å². The van der Waals surface area contributed by atoms with Gasteiger partial charge in [0, 0.05) is 37.1 Å². The van der Waals surface area contributed by atoms with Crippen LogP contribution >= 0.6 is 0 Å². The highest BCUT2D eigenvalue weighted by atomic mass is 32.2. The summed E-state index contributed by atoms with van der Waals surface area (Å²) in [6, 6.07) is 10.3. The number of hydrogen-bond donors (Lipinski definition) is 8. The molecule has 0 saturated carbocycles. The van der Waals surface area contributed by atoms with Gasteiger partial charge in [-0.05, 0) is 12.1 Å². The second-order valence-corrected chi connectivity index (χ2v) is 12.1. The minimum atomic E-state index is -3.95. The summed E-state index contributed by atoms with van der Waals surface area (Å²) >= 11 is 0. The molecule has 0 aromatic heterocycles. The molecule has 2 aliphatic heterocycles. The molecule has 0 aliphatic carbocycles. The number of anilines is 1. The third-order valence-corrected chi connectivity index (χ3v) is 8.72.